The summed E-state index contributed by atoms with van der Waals surface area (Å²) in [6.45, 7) is 0. The van der Waals surface area contributed by atoms with E-state index in [4.69, 9.17) is 0 Å². The third-order valence-corrected chi connectivity index (χ3v) is 3.07. The smallest absolute Gasteiger partial charge is 0.107 e. The average molecular weight is 344 g/mol. The van der Waals surface area contributed by atoms with Crippen molar-refractivity contribution in [2.24, 2.45) is 0 Å². The van der Waals surface area contributed by atoms with Crippen LogP contribution in [-0.4, -0.2) is 15.1 Å². The van der Waals surface area contributed by atoms with Gasteiger partial charge in [-0.05, 0) is 44.0 Å². The molecule has 0 aromatic carbocycles. The van der Waals surface area contributed by atoms with E-state index >= 15 is 0 Å². The summed E-state index contributed by atoms with van der Waals surface area (Å²) in [6.07, 6.45) is 2.58. The van der Waals surface area contributed by atoms with Crippen LogP contribution in [0, 0.1) is 0 Å². The number of pyridine rings is 2. The number of hydrogen-bond acceptors (Lipinski definition) is 3. The van der Waals surface area contributed by atoms with Gasteiger partial charge in [-0.1, -0.05) is 12.1 Å². The Morgan fingerprint density at radius 1 is 0.875 bits per heavy atom. The second-order valence-electron chi connectivity index (χ2n) is 3.23. The van der Waals surface area contributed by atoms with Crippen molar-refractivity contribution in [3.05, 3.63) is 57.0 Å². The van der Waals surface area contributed by atoms with Gasteiger partial charge in [0, 0.05) is 23.5 Å². The fraction of sp³-hybridized carbons (Fsp3) is 0.0909. The molecule has 0 spiro atoms. The van der Waals surface area contributed by atoms with Crippen molar-refractivity contribution in [3.63, 3.8) is 0 Å². The lowest BCUT2D eigenvalue weighted by Gasteiger charge is -2.10. The number of aliphatic hydroxyl groups excluding tert-OH is 1. The summed E-state index contributed by atoms with van der Waals surface area (Å²) in [6, 6.07) is 7.24. The Labute approximate surface area is 110 Å². The summed E-state index contributed by atoms with van der Waals surface area (Å²) in [5.41, 5.74) is 1.49. The molecule has 0 saturated heterocycles. The Kier molecular flexibility index (Phi) is 3.68. The lowest BCUT2D eigenvalue weighted by molar-refractivity contribution is 0.219. The molecule has 0 radical (unpaired) electrons. The van der Waals surface area contributed by atoms with Gasteiger partial charge in [0.15, 0.2) is 0 Å². The van der Waals surface area contributed by atoms with Crippen LogP contribution in [0.1, 0.15) is 17.2 Å². The molecule has 3 nitrogen and oxygen atoms in total. The first kappa shape index (κ1) is 11.7. The predicted molar refractivity (Wildman–Crippen MR) is 67.9 cm³/mol. The fourth-order valence-corrected chi connectivity index (χ4v) is 1.76. The van der Waals surface area contributed by atoms with Crippen molar-refractivity contribution in [1.82, 2.24) is 9.97 Å². The minimum absolute atomic E-state index is 0.693. The van der Waals surface area contributed by atoms with Gasteiger partial charge in [-0.3, -0.25) is 0 Å². The van der Waals surface area contributed by atoms with Gasteiger partial charge in [-0.25, -0.2) is 9.97 Å². The zero-order valence-corrected chi connectivity index (χ0v) is 11.3. The van der Waals surface area contributed by atoms with E-state index in [2.05, 4.69) is 41.8 Å². The normalized spacial score (nSPS) is 10.8. The second kappa shape index (κ2) is 5.03. The largest absolute Gasteiger partial charge is 0.384 e. The van der Waals surface area contributed by atoms with E-state index in [-0.39, 0.29) is 0 Å². The number of hydrogen-bond donors (Lipinski definition) is 1. The van der Waals surface area contributed by atoms with Crippen LogP contribution in [0.5, 0.6) is 0 Å². The van der Waals surface area contributed by atoms with Crippen molar-refractivity contribution in [2.75, 3.05) is 0 Å². The van der Waals surface area contributed by atoms with Crippen LogP contribution in [0.3, 0.4) is 0 Å². The van der Waals surface area contributed by atoms with E-state index < -0.39 is 6.10 Å². The van der Waals surface area contributed by atoms with Crippen molar-refractivity contribution >= 4 is 31.9 Å². The van der Waals surface area contributed by atoms with Crippen LogP contribution in [-0.2, 0) is 0 Å². The summed E-state index contributed by atoms with van der Waals surface area (Å²) in [4.78, 5) is 8.14. The SMILES string of the molecule is OC(c1ccc(Br)nc1)c1ccc(Br)nc1. The van der Waals surface area contributed by atoms with Gasteiger partial charge in [0.25, 0.3) is 0 Å². The number of halogens is 2. The van der Waals surface area contributed by atoms with Gasteiger partial charge in [-0.15, -0.1) is 0 Å². The Balaban J connectivity index is 2.28. The lowest BCUT2D eigenvalue weighted by atomic mass is 10.1. The molecular formula is C11H8Br2N2O. The Morgan fingerprint density at radius 2 is 1.31 bits per heavy atom. The Morgan fingerprint density at radius 3 is 1.62 bits per heavy atom. The maximum Gasteiger partial charge on any atom is 0.107 e. The third kappa shape index (κ3) is 2.66. The highest BCUT2D eigenvalue weighted by molar-refractivity contribution is 9.10. The maximum absolute atomic E-state index is 10.1. The molecule has 0 aliphatic carbocycles. The van der Waals surface area contributed by atoms with Crippen LogP contribution in [0.15, 0.2) is 45.9 Å². The molecule has 82 valence electrons. The van der Waals surface area contributed by atoms with Crippen LogP contribution in [0.25, 0.3) is 0 Å². The average Bonchev–Trinajstić information content (AvgIpc) is 2.30. The molecule has 16 heavy (non-hydrogen) atoms. The van der Waals surface area contributed by atoms with Gasteiger partial charge >= 0.3 is 0 Å². The highest BCUT2D eigenvalue weighted by Gasteiger charge is 2.10. The van der Waals surface area contributed by atoms with Gasteiger partial charge in [0.2, 0.25) is 0 Å². The van der Waals surface area contributed by atoms with Gasteiger partial charge in [0.1, 0.15) is 15.3 Å². The first-order valence-corrected chi connectivity index (χ1v) is 6.16. The quantitative estimate of drug-likeness (QED) is 0.852. The van der Waals surface area contributed by atoms with E-state index in [1.807, 2.05) is 12.1 Å². The van der Waals surface area contributed by atoms with Crippen molar-refractivity contribution in [1.29, 1.82) is 0 Å². The van der Waals surface area contributed by atoms with E-state index in [9.17, 15) is 5.11 Å². The Hall–Kier alpha value is -0.780. The molecule has 0 amide bonds. The van der Waals surface area contributed by atoms with Crippen LogP contribution in [0.4, 0.5) is 0 Å². The summed E-state index contributed by atoms with van der Waals surface area (Å²) in [5, 5.41) is 10.1. The number of rotatable bonds is 2. The molecule has 2 aromatic heterocycles. The van der Waals surface area contributed by atoms with Crippen molar-refractivity contribution in [2.45, 2.75) is 6.10 Å². The summed E-state index contributed by atoms with van der Waals surface area (Å²) < 4.78 is 1.50. The van der Waals surface area contributed by atoms with Gasteiger partial charge in [0.05, 0.1) is 0 Å². The topological polar surface area (TPSA) is 46.0 Å². The molecule has 0 fully saturated rings. The fourth-order valence-electron chi connectivity index (χ4n) is 1.29. The predicted octanol–water partition coefficient (Wildman–Crippen LogP) is 3.08. The summed E-state index contributed by atoms with van der Waals surface area (Å²) in [5.74, 6) is 0. The second-order valence-corrected chi connectivity index (χ2v) is 4.86. The van der Waals surface area contributed by atoms with E-state index in [1.165, 1.54) is 0 Å². The molecule has 0 saturated carbocycles. The highest BCUT2D eigenvalue weighted by atomic mass is 79.9. The molecule has 2 aromatic rings. The molecule has 0 atom stereocenters. The van der Waals surface area contributed by atoms with Crippen LogP contribution in [0.2, 0.25) is 0 Å². The monoisotopic (exact) mass is 342 g/mol. The number of nitrogens with zero attached hydrogens (tertiary/aromatic N) is 2. The third-order valence-electron chi connectivity index (χ3n) is 2.13. The molecule has 0 unspecified atom stereocenters. The molecule has 2 heterocycles. The summed E-state index contributed by atoms with van der Waals surface area (Å²) >= 11 is 6.50. The molecule has 0 aliphatic rings. The minimum Gasteiger partial charge on any atom is -0.384 e. The molecular weight excluding hydrogens is 336 g/mol. The first-order valence-electron chi connectivity index (χ1n) is 4.58. The van der Waals surface area contributed by atoms with E-state index in [0.29, 0.717) is 0 Å². The standard InChI is InChI=1S/C11H8Br2N2O/c12-9-3-1-7(5-14-9)11(16)8-2-4-10(13)15-6-8/h1-6,11,16H. The molecule has 1 N–H and O–H groups in total. The molecule has 0 bridgehead atoms. The van der Waals surface area contributed by atoms with Crippen LogP contribution < -0.4 is 0 Å². The minimum atomic E-state index is -0.693. The lowest BCUT2D eigenvalue weighted by Crippen LogP contribution is -2.00. The van der Waals surface area contributed by atoms with Gasteiger partial charge in [-0.2, -0.15) is 0 Å². The number of aromatic nitrogens is 2. The molecule has 5 heteroatoms. The van der Waals surface area contributed by atoms with Crippen molar-refractivity contribution < 1.29 is 5.11 Å². The van der Waals surface area contributed by atoms with E-state index in [0.717, 1.165) is 20.3 Å². The molecule has 0 aliphatic heterocycles. The van der Waals surface area contributed by atoms with Crippen molar-refractivity contribution in [3.8, 4) is 0 Å². The van der Waals surface area contributed by atoms with E-state index in [1.54, 1.807) is 24.5 Å². The number of aliphatic hydroxyl groups is 1. The summed E-state index contributed by atoms with van der Waals surface area (Å²) in [7, 11) is 0. The van der Waals surface area contributed by atoms with Gasteiger partial charge < -0.3 is 5.11 Å². The highest BCUT2D eigenvalue weighted by Crippen LogP contribution is 2.22. The Bertz CT molecular complexity index is 425. The zero-order chi connectivity index (χ0) is 11.5. The molecule has 2 rings (SSSR count). The van der Waals surface area contributed by atoms with Crippen LogP contribution >= 0.6 is 31.9 Å². The zero-order valence-electron chi connectivity index (χ0n) is 8.14. The first-order chi connectivity index (χ1) is 7.66. The maximum atomic E-state index is 10.1.